The number of hydrogen-bond donors (Lipinski definition) is 0. The zero-order valence-corrected chi connectivity index (χ0v) is 10.5. The number of benzene rings is 2. The van der Waals surface area contributed by atoms with Gasteiger partial charge in [0.2, 0.25) is 5.50 Å². The molecule has 0 saturated heterocycles. The maximum atomic E-state index is 12.9. The van der Waals surface area contributed by atoms with Gasteiger partial charge in [0.05, 0.1) is 0 Å². The lowest BCUT2D eigenvalue weighted by atomic mass is 10.1. The highest BCUT2D eigenvalue weighted by molar-refractivity contribution is 7.99. The molecule has 0 aliphatic carbocycles. The molecule has 0 amide bonds. The Morgan fingerprint density at radius 1 is 0.789 bits per heavy atom. The Kier molecular flexibility index (Phi) is 4.14. The van der Waals surface area contributed by atoms with E-state index in [4.69, 9.17) is 0 Å². The fourth-order valence-electron chi connectivity index (χ4n) is 1.54. The highest BCUT2D eigenvalue weighted by Crippen LogP contribution is 2.36. The maximum Gasteiger partial charge on any atom is 0.429 e. The van der Waals surface area contributed by atoms with Crippen molar-refractivity contribution in [3.8, 4) is 11.1 Å². The van der Waals surface area contributed by atoms with Crippen LogP contribution >= 0.6 is 11.8 Å². The number of alkyl halides is 4. The second kappa shape index (κ2) is 5.65. The molecule has 0 nitrogen and oxygen atoms in total. The third-order valence-electron chi connectivity index (χ3n) is 2.46. The van der Waals surface area contributed by atoms with Crippen LogP contribution in [0.1, 0.15) is 0 Å². The van der Waals surface area contributed by atoms with Crippen molar-refractivity contribution in [2.75, 3.05) is 0 Å². The first-order valence-electron chi connectivity index (χ1n) is 5.50. The van der Waals surface area contributed by atoms with Crippen molar-refractivity contribution >= 4 is 11.8 Å². The Morgan fingerprint density at radius 2 is 1.32 bits per heavy atom. The summed E-state index contributed by atoms with van der Waals surface area (Å²) in [5, 5.41) is 0. The van der Waals surface area contributed by atoms with E-state index in [9.17, 15) is 17.6 Å². The van der Waals surface area contributed by atoms with Crippen molar-refractivity contribution in [3.05, 3.63) is 54.6 Å². The normalized spacial score (nSPS) is 13.3. The average molecular weight is 286 g/mol. The summed E-state index contributed by atoms with van der Waals surface area (Å²) in [5.74, 6) is 0. The van der Waals surface area contributed by atoms with Gasteiger partial charge in [-0.1, -0.05) is 54.2 Å². The van der Waals surface area contributed by atoms with E-state index in [0.29, 0.717) is 0 Å². The number of halogens is 4. The van der Waals surface area contributed by atoms with Crippen LogP contribution in [0, 0.1) is 0 Å². The van der Waals surface area contributed by atoms with Crippen LogP contribution in [-0.2, 0) is 0 Å². The molecule has 2 aromatic carbocycles. The molecule has 0 spiro atoms. The summed E-state index contributed by atoms with van der Waals surface area (Å²) in [6.07, 6.45) is -4.83. The van der Waals surface area contributed by atoms with Gasteiger partial charge in [-0.2, -0.15) is 13.2 Å². The molecular weight excluding hydrogens is 276 g/mol. The molecule has 0 aliphatic rings. The average Bonchev–Trinajstić information content (AvgIpc) is 2.39. The van der Waals surface area contributed by atoms with Crippen LogP contribution in [0.4, 0.5) is 17.6 Å². The van der Waals surface area contributed by atoms with Gasteiger partial charge >= 0.3 is 6.18 Å². The molecule has 0 N–H and O–H groups in total. The predicted molar refractivity (Wildman–Crippen MR) is 68.7 cm³/mol. The summed E-state index contributed by atoms with van der Waals surface area (Å²) in [5.41, 5.74) is -1.05. The molecule has 0 fully saturated rings. The van der Waals surface area contributed by atoms with Crippen molar-refractivity contribution in [2.24, 2.45) is 0 Å². The monoisotopic (exact) mass is 286 g/mol. The lowest BCUT2D eigenvalue weighted by Crippen LogP contribution is -2.20. The van der Waals surface area contributed by atoms with Crippen LogP contribution in [0.2, 0.25) is 0 Å². The van der Waals surface area contributed by atoms with Gasteiger partial charge in [0.1, 0.15) is 0 Å². The molecule has 1 unspecified atom stereocenters. The highest BCUT2D eigenvalue weighted by Gasteiger charge is 2.40. The summed E-state index contributed by atoms with van der Waals surface area (Å²) in [7, 11) is 0. The van der Waals surface area contributed by atoms with Gasteiger partial charge in [-0.05, 0) is 23.3 Å². The van der Waals surface area contributed by atoms with Gasteiger partial charge in [-0.25, -0.2) is 4.39 Å². The second-order valence-corrected chi connectivity index (χ2v) is 4.99. The molecule has 0 bridgehead atoms. The van der Waals surface area contributed by atoms with E-state index in [1.54, 1.807) is 12.1 Å². The first-order valence-corrected chi connectivity index (χ1v) is 6.38. The molecule has 0 aromatic heterocycles. The van der Waals surface area contributed by atoms with Crippen molar-refractivity contribution in [1.82, 2.24) is 0 Å². The number of thioether (sulfide) groups is 1. The molecule has 2 aromatic rings. The Labute approximate surface area is 112 Å². The maximum absolute atomic E-state index is 12.9. The minimum atomic E-state index is -4.83. The Balaban J connectivity index is 2.11. The van der Waals surface area contributed by atoms with Crippen molar-refractivity contribution in [3.63, 3.8) is 0 Å². The van der Waals surface area contributed by atoms with Crippen LogP contribution < -0.4 is 0 Å². The topological polar surface area (TPSA) is 0 Å². The third-order valence-corrected chi connectivity index (χ3v) is 3.48. The molecule has 0 heterocycles. The predicted octanol–water partition coefficient (Wildman–Crippen LogP) is 5.30. The van der Waals surface area contributed by atoms with Gasteiger partial charge < -0.3 is 0 Å². The van der Waals surface area contributed by atoms with Crippen molar-refractivity contribution in [1.29, 1.82) is 0 Å². The lowest BCUT2D eigenvalue weighted by molar-refractivity contribution is -0.154. The van der Waals surface area contributed by atoms with E-state index in [2.05, 4.69) is 0 Å². The molecular formula is C14H10F4S. The summed E-state index contributed by atoms with van der Waals surface area (Å²) in [6, 6.07) is 15.8. The fourth-order valence-corrected chi connectivity index (χ4v) is 2.21. The Morgan fingerprint density at radius 3 is 1.84 bits per heavy atom. The van der Waals surface area contributed by atoms with Gasteiger partial charge in [0.15, 0.2) is 0 Å². The van der Waals surface area contributed by atoms with Crippen LogP contribution in [0.15, 0.2) is 59.5 Å². The minimum Gasteiger partial charge on any atom is -0.225 e. The van der Waals surface area contributed by atoms with Crippen LogP contribution in [0.5, 0.6) is 0 Å². The van der Waals surface area contributed by atoms with E-state index in [0.717, 1.165) is 11.1 Å². The quantitative estimate of drug-likeness (QED) is 0.544. The van der Waals surface area contributed by atoms with E-state index in [-0.39, 0.29) is 16.7 Å². The second-order valence-electron chi connectivity index (χ2n) is 3.87. The summed E-state index contributed by atoms with van der Waals surface area (Å²) >= 11 is 0.163. The lowest BCUT2D eigenvalue weighted by Gasteiger charge is -2.11. The molecule has 100 valence electrons. The first kappa shape index (κ1) is 13.9. The van der Waals surface area contributed by atoms with E-state index in [1.165, 1.54) is 12.1 Å². The smallest absolute Gasteiger partial charge is 0.225 e. The zero-order valence-electron chi connectivity index (χ0n) is 9.69. The summed E-state index contributed by atoms with van der Waals surface area (Å²) < 4.78 is 49.1. The minimum absolute atomic E-state index is 0.163. The zero-order chi connectivity index (χ0) is 13.9. The van der Waals surface area contributed by atoms with Crippen LogP contribution in [0.25, 0.3) is 11.1 Å². The Bertz CT molecular complexity index is 519. The molecule has 0 saturated carbocycles. The van der Waals surface area contributed by atoms with Gasteiger partial charge in [-0.15, -0.1) is 0 Å². The van der Waals surface area contributed by atoms with Gasteiger partial charge in [0.25, 0.3) is 0 Å². The number of rotatable bonds is 3. The highest BCUT2D eigenvalue weighted by atomic mass is 32.2. The van der Waals surface area contributed by atoms with Crippen molar-refractivity contribution in [2.45, 2.75) is 16.6 Å². The number of hydrogen-bond acceptors (Lipinski definition) is 1. The van der Waals surface area contributed by atoms with E-state index >= 15 is 0 Å². The molecule has 19 heavy (non-hydrogen) atoms. The van der Waals surface area contributed by atoms with E-state index in [1.807, 2.05) is 30.3 Å². The van der Waals surface area contributed by atoms with E-state index < -0.39 is 11.7 Å². The molecule has 0 radical (unpaired) electrons. The summed E-state index contributed by atoms with van der Waals surface area (Å²) in [4.78, 5) is 0.254. The van der Waals surface area contributed by atoms with Crippen LogP contribution in [0.3, 0.4) is 0 Å². The van der Waals surface area contributed by atoms with Gasteiger partial charge in [0, 0.05) is 4.90 Å². The molecule has 2 rings (SSSR count). The molecule has 5 heteroatoms. The van der Waals surface area contributed by atoms with Crippen LogP contribution in [-0.4, -0.2) is 11.7 Å². The van der Waals surface area contributed by atoms with Crippen molar-refractivity contribution < 1.29 is 17.6 Å². The Hall–Kier alpha value is -1.49. The van der Waals surface area contributed by atoms with Gasteiger partial charge in [-0.3, -0.25) is 0 Å². The fraction of sp³-hybridized carbons (Fsp3) is 0.143. The largest absolute Gasteiger partial charge is 0.429 e. The SMILES string of the molecule is FC(Sc1ccc(-c2ccccc2)cc1)C(F)(F)F. The standard InChI is InChI=1S/C14H10F4S/c15-13(14(16,17)18)19-12-8-6-11(7-9-12)10-4-2-1-3-5-10/h1-9,13H. The molecule has 0 aliphatic heterocycles. The third kappa shape index (κ3) is 3.73. The summed E-state index contributed by atoms with van der Waals surface area (Å²) in [6.45, 7) is 0. The molecule has 1 atom stereocenters. The first-order chi connectivity index (χ1) is 8.97.